The predicted molar refractivity (Wildman–Crippen MR) is 85.9 cm³/mol. The Labute approximate surface area is 129 Å². The van der Waals surface area contributed by atoms with Crippen molar-refractivity contribution in [3.8, 4) is 0 Å². The van der Waals surface area contributed by atoms with E-state index < -0.39 is 0 Å². The fraction of sp³-hybridized carbons (Fsp3) is 0.850. The largest absolute Gasteiger partial charge is 0.294 e. The summed E-state index contributed by atoms with van der Waals surface area (Å²) in [6, 6.07) is 0. The molecule has 0 heterocycles. The maximum Gasteiger partial charge on any atom is 0.162 e. The Morgan fingerprint density at radius 3 is 2.57 bits per heavy atom. The molecular formula is C20H30O. The number of Topliss-reactive ketones (excluding diaryl/α,β-unsaturated/α-hetero) is 1. The number of carbonyl (C=O) groups is 1. The Kier molecular flexibility index (Phi) is 2.98. The molecule has 0 spiro atoms. The van der Waals surface area contributed by atoms with Gasteiger partial charge < -0.3 is 0 Å². The predicted octanol–water partition coefficient (Wildman–Crippen LogP) is 5.15. The fourth-order valence-electron chi connectivity index (χ4n) is 6.99. The van der Waals surface area contributed by atoms with Crippen molar-refractivity contribution in [2.75, 3.05) is 0 Å². The van der Waals surface area contributed by atoms with Gasteiger partial charge in [-0.25, -0.2) is 0 Å². The molecule has 0 bridgehead atoms. The number of fused-ring (bicyclic) bond motifs is 5. The van der Waals surface area contributed by atoms with Gasteiger partial charge in [-0.3, -0.25) is 4.79 Å². The van der Waals surface area contributed by atoms with Crippen LogP contribution in [0.25, 0.3) is 0 Å². The Hall–Kier alpha value is -0.590. The van der Waals surface area contributed by atoms with Gasteiger partial charge >= 0.3 is 0 Å². The molecule has 6 atom stereocenters. The van der Waals surface area contributed by atoms with Crippen molar-refractivity contribution < 1.29 is 4.79 Å². The van der Waals surface area contributed by atoms with Crippen LogP contribution < -0.4 is 0 Å². The van der Waals surface area contributed by atoms with Crippen LogP contribution in [0.3, 0.4) is 0 Å². The van der Waals surface area contributed by atoms with E-state index in [0.29, 0.717) is 40.3 Å². The van der Waals surface area contributed by atoms with Gasteiger partial charge in [0.1, 0.15) is 0 Å². The molecule has 4 rings (SSSR count). The van der Waals surface area contributed by atoms with Crippen LogP contribution in [0, 0.1) is 34.5 Å². The number of ketones is 1. The molecule has 6 unspecified atom stereocenters. The number of carbonyl (C=O) groups excluding carboxylic acids is 1. The van der Waals surface area contributed by atoms with Crippen LogP contribution in [-0.4, -0.2) is 5.78 Å². The number of hydrogen-bond acceptors (Lipinski definition) is 1. The summed E-state index contributed by atoms with van der Waals surface area (Å²) >= 11 is 0. The first-order chi connectivity index (χ1) is 9.97. The molecule has 0 amide bonds. The van der Waals surface area contributed by atoms with Crippen LogP contribution in [0.1, 0.15) is 71.6 Å². The zero-order valence-electron chi connectivity index (χ0n) is 13.8. The quantitative estimate of drug-likeness (QED) is 0.562. The lowest BCUT2D eigenvalue weighted by Crippen LogP contribution is -2.56. The Morgan fingerprint density at radius 2 is 1.76 bits per heavy atom. The highest BCUT2D eigenvalue weighted by atomic mass is 16.1. The molecule has 116 valence electrons. The third-order valence-electron chi connectivity index (χ3n) is 8.19. The second-order valence-corrected chi connectivity index (χ2v) is 9.02. The van der Waals surface area contributed by atoms with Gasteiger partial charge in [0.15, 0.2) is 5.78 Å². The molecule has 4 saturated carbocycles. The van der Waals surface area contributed by atoms with Crippen molar-refractivity contribution in [3.05, 3.63) is 12.2 Å². The monoisotopic (exact) mass is 286 g/mol. The standard InChI is InChI=1S/C20H30O/c1-13-14-7-4-5-11-20(14,3)16-9-12-19(2)10-6-8-15(19)17(16)18(13)21/h14-17H,1,4-12H2,2-3H3. The van der Waals surface area contributed by atoms with E-state index in [1.807, 2.05) is 0 Å². The second kappa shape index (κ2) is 4.46. The smallest absolute Gasteiger partial charge is 0.162 e. The van der Waals surface area contributed by atoms with Gasteiger partial charge in [-0.1, -0.05) is 39.7 Å². The van der Waals surface area contributed by atoms with Crippen molar-refractivity contribution in [2.45, 2.75) is 71.6 Å². The van der Waals surface area contributed by atoms with Crippen molar-refractivity contribution in [2.24, 2.45) is 34.5 Å². The third kappa shape index (κ3) is 1.72. The average molecular weight is 286 g/mol. The van der Waals surface area contributed by atoms with Crippen LogP contribution in [0.15, 0.2) is 12.2 Å². The fourth-order valence-corrected chi connectivity index (χ4v) is 6.99. The minimum atomic E-state index is 0.318. The summed E-state index contributed by atoms with van der Waals surface area (Å²) in [6.45, 7) is 9.27. The van der Waals surface area contributed by atoms with Crippen LogP contribution in [-0.2, 0) is 4.79 Å². The average Bonchev–Trinajstić information content (AvgIpc) is 2.86. The third-order valence-corrected chi connectivity index (χ3v) is 8.19. The molecule has 0 N–H and O–H groups in total. The van der Waals surface area contributed by atoms with Crippen molar-refractivity contribution in [1.82, 2.24) is 0 Å². The summed E-state index contributed by atoms with van der Waals surface area (Å²) in [6.07, 6.45) is 11.8. The molecule has 0 aromatic rings. The van der Waals surface area contributed by atoms with Crippen LogP contribution in [0.4, 0.5) is 0 Å². The Balaban J connectivity index is 1.77. The molecule has 1 nitrogen and oxygen atoms in total. The van der Waals surface area contributed by atoms with E-state index in [-0.39, 0.29) is 0 Å². The summed E-state index contributed by atoms with van der Waals surface area (Å²) in [7, 11) is 0. The van der Waals surface area contributed by atoms with E-state index in [0.717, 1.165) is 5.57 Å². The topological polar surface area (TPSA) is 17.1 Å². The van der Waals surface area contributed by atoms with Gasteiger partial charge in [0, 0.05) is 5.92 Å². The van der Waals surface area contributed by atoms with Gasteiger partial charge in [-0.15, -0.1) is 0 Å². The molecular weight excluding hydrogens is 256 g/mol. The molecule has 0 aromatic heterocycles. The first-order valence-corrected chi connectivity index (χ1v) is 9.20. The minimum Gasteiger partial charge on any atom is -0.294 e. The summed E-state index contributed by atoms with van der Waals surface area (Å²) in [5.74, 6) is 2.59. The summed E-state index contributed by atoms with van der Waals surface area (Å²) in [5, 5.41) is 0. The molecule has 0 aliphatic heterocycles. The maximum absolute atomic E-state index is 13.1. The molecule has 4 aliphatic rings. The molecule has 4 fully saturated rings. The summed E-state index contributed by atoms with van der Waals surface area (Å²) in [4.78, 5) is 13.1. The summed E-state index contributed by atoms with van der Waals surface area (Å²) < 4.78 is 0. The number of hydrogen-bond donors (Lipinski definition) is 0. The summed E-state index contributed by atoms with van der Waals surface area (Å²) in [5.41, 5.74) is 1.84. The zero-order chi connectivity index (χ0) is 14.8. The lowest BCUT2D eigenvalue weighted by atomic mass is 9.44. The highest BCUT2D eigenvalue weighted by Gasteiger charge is 2.61. The maximum atomic E-state index is 13.1. The van der Waals surface area contributed by atoms with E-state index in [4.69, 9.17) is 0 Å². The lowest BCUT2D eigenvalue weighted by molar-refractivity contribution is -0.143. The van der Waals surface area contributed by atoms with Gasteiger partial charge in [-0.2, -0.15) is 0 Å². The number of rotatable bonds is 0. The van der Waals surface area contributed by atoms with E-state index in [1.165, 1.54) is 57.8 Å². The van der Waals surface area contributed by atoms with Crippen LogP contribution in [0.2, 0.25) is 0 Å². The lowest BCUT2D eigenvalue weighted by Gasteiger charge is -2.59. The first kappa shape index (κ1) is 14.0. The SMILES string of the molecule is C=C1C(=O)C2C3CCCC3(C)CCC2C2(C)CCCCC12. The van der Waals surface area contributed by atoms with E-state index in [2.05, 4.69) is 20.4 Å². The highest BCUT2D eigenvalue weighted by molar-refractivity contribution is 5.99. The normalized spacial score (nSPS) is 53.0. The van der Waals surface area contributed by atoms with Crippen molar-refractivity contribution in [3.63, 3.8) is 0 Å². The highest BCUT2D eigenvalue weighted by Crippen LogP contribution is 2.66. The minimum absolute atomic E-state index is 0.318. The van der Waals surface area contributed by atoms with Crippen molar-refractivity contribution in [1.29, 1.82) is 0 Å². The number of allylic oxidation sites excluding steroid dienone is 1. The first-order valence-electron chi connectivity index (χ1n) is 9.20. The molecule has 0 radical (unpaired) electrons. The van der Waals surface area contributed by atoms with E-state index in [1.54, 1.807) is 0 Å². The molecule has 0 saturated heterocycles. The van der Waals surface area contributed by atoms with Crippen LogP contribution in [0.5, 0.6) is 0 Å². The molecule has 21 heavy (non-hydrogen) atoms. The Bertz CT molecular complexity index is 492. The van der Waals surface area contributed by atoms with Gasteiger partial charge in [0.05, 0.1) is 0 Å². The van der Waals surface area contributed by atoms with Crippen LogP contribution >= 0.6 is 0 Å². The van der Waals surface area contributed by atoms with E-state index in [9.17, 15) is 4.79 Å². The second-order valence-electron chi connectivity index (χ2n) is 9.02. The van der Waals surface area contributed by atoms with Gasteiger partial charge in [-0.05, 0) is 72.7 Å². The van der Waals surface area contributed by atoms with Gasteiger partial charge in [0.25, 0.3) is 0 Å². The van der Waals surface area contributed by atoms with Crippen molar-refractivity contribution >= 4 is 5.78 Å². The Morgan fingerprint density at radius 1 is 0.952 bits per heavy atom. The molecule has 4 aliphatic carbocycles. The molecule has 1 heteroatoms. The van der Waals surface area contributed by atoms with E-state index >= 15 is 0 Å². The van der Waals surface area contributed by atoms with Gasteiger partial charge in [0.2, 0.25) is 0 Å². The zero-order valence-corrected chi connectivity index (χ0v) is 13.8. The molecule has 0 aromatic carbocycles.